The first-order valence-electron chi connectivity index (χ1n) is 5.92. The summed E-state index contributed by atoms with van der Waals surface area (Å²) in [5.74, 6) is -0.902. The molecule has 0 saturated heterocycles. The van der Waals surface area contributed by atoms with Crippen LogP contribution < -0.4 is 0 Å². The Morgan fingerprint density at radius 1 is 1.50 bits per heavy atom. The van der Waals surface area contributed by atoms with Gasteiger partial charge >= 0.3 is 5.97 Å². The van der Waals surface area contributed by atoms with E-state index in [1.807, 2.05) is 29.8 Å². The minimum Gasteiger partial charge on any atom is -0.481 e. The van der Waals surface area contributed by atoms with Gasteiger partial charge < -0.3 is 14.7 Å². The molecule has 0 bridgehead atoms. The van der Waals surface area contributed by atoms with E-state index in [-0.39, 0.29) is 6.42 Å². The normalized spacial score (nSPS) is 11.1. The molecule has 0 spiro atoms. The summed E-state index contributed by atoms with van der Waals surface area (Å²) in [4.78, 5) is 22.4. The van der Waals surface area contributed by atoms with Crippen LogP contribution in [0, 0.1) is 0 Å². The Balaban J connectivity index is 2.12. The van der Waals surface area contributed by atoms with Gasteiger partial charge in [-0.15, -0.1) is 0 Å². The van der Waals surface area contributed by atoms with Gasteiger partial charge in [0.05, 0.1) is 35.2 Å². The van der Waals surface area contributed by atoms with Crippen LogP contribution in [0.5, 0.6) is 0 Å². The fourth-order valence-corrected chi connectivity index (χ4v) is 2.60. The molecule has 0 unspecified atom stereocenters. The van der Waals surface area contributed by atoms with E-state index in [2.05, 4.69) is 30.9 Å². The number of benzene rings is 1. The number of fused-ring (bicyclic) bond motifs is 1. The van der Waals surface area contributed by atoms with Gasteiger partial charge in [-0.3, -0.25) is 4.79 Å². The highest BCUT2D eigenvalue weighted by atomic mass is 79.9. The van der Waals surface area contributed by atoms with Gasteiger partial charge in [-0.2, -0.15) is 0 Å². The number of nitrogens with zero attached hydrogens (tertiary/aromatic N) is 3. The second-order valence-corrected chi connectivity index (χ2v) is 5.24. The highest BCUT2D eigenvalue weighted by Gasteiger charge is 2.15. The fourth-order valence-electron chi connectivity index (χ4n) is 2.18. The van der Waals surface area contributed by atoms with Crippen molar-refractivity contribution in [3.05, 3.63) is 35.0 Å². The van der Waals surface area contributed by atoms with Crippen molar-refractivity contribution in [2.75, 3.05) is 0 Å². The third kappa shape index (κ3) is 2.20. The number of aryl methyl sites for hydroxylation is 1. The number of carbonyl (C=O) groups is 1. The Bertz CT molecular complexity index is 806. The Labute approximate surface area is 122 Å². The average molecular weight is 335 g/mol. The van der Waals surface area contributed by atoms with E-state index in [9.17, 15) is 4.79 Å². The summed E-state index contributed by atoms with van der Waals surface area (Å²) in [6.07, 6.45) is 1.64. The number of nitrogens with one attached hydrogen (secondary N) is 1. The number of carboxylic acid groups (broad SMARTS) is 1. The van der Waals surface area contributed by atoms with Crippen molar-refractivity contribution in [1.29, 1.82) is 0 Å². The number of hydrogen-bond acceptors (Lipinski definition) is 3. The number of hydrogen-bond donors (Lipinski definition) is 2. The predicted octanol–water partition coefficient (Wildman–Crippen LogP) is 2.35. The molecule has 0 fully saturated rings. The number of rotatable bonds is 3. The largest absolute Gasteiger partial charge is 0.481 e. The molecular formula is C13H11BrN4O2. The monoisotopic (exact) mass is 334 g/mol. The quantitative estimate of drug-likeness (QED) is 0.770. The van der Waals surface area contributed by atoms with Crippen LogP contribution in [0.4, 0.5) is 0 Å². The second-order valence-electron chi connectivity index (χ2n) is 4.48. The van der Waals surface area contributed by atoms with Gasteiger partial charge in [0.25, 0.3) is 0 Å². The van der Waals surface area contributed by atoms with Crippen LogP contribution in [0.3, 0.4) is 0 Å². The zero-order valence-corrected chi connectivity index (χ0v) is 12.2. The molecule has 0 saturated carbocycles. The number of aliphatic carboxylic acids is 1. The molecule has 0 aliphatic heterocycles. The summed E-state index contributed by atoms with van der Waals surface area (Å²) in [6, 6.07) is 5.77. The van der Waals surface area contributed by atoms with E-state index in [4.69, 9.17) is 5.11 Å². The van der Waals surface area contributed by atoms with Gasteiger partial charge in [-0.1, -0.05) is 6.07 Å². The van der Waals surface area contributed by atoms with E-state index in [1.54, 1.807) is 6.33 Å². The molecule has 102 valence electrons. The SMILES string of the molecule is Cn1cnc2cc(-c3nc(Br)[nH]c3CC(=O)O)ccc21. The molecule has 0 aliphatic carbocycles. The van der Waals surface area contributed by atoms with Crippen LogP contribution in [0.1, 0.15) is 5.69 Å². The van der Waals surface area contributed by atoms with E-state index in [0.717, 1.165) is 16.6 Å². The maximum atomic E-state index is 10.9. The number of H-pyrrole nitrogens is 1. The standard InChI is InChI=1S/C13H11BrN4O2/c1-18-6-15-8-4-7(2-3-10(8)18)12-9(5-11(19)20)16-13(14)17-12/h2-4,6H,5H2,1H3,(H,16,17)(H,19,20). The summed E-state index contributed by atoms with van der Waals surface area (Å²) in [6.45, 7) is 0. The minimum atomic E-state index is -0.902. The second kappa shape index (κ2) is 4.75. The molecule has 20 heavy (non-hydrogen) atoms. The smallest absolute Gasteiger partial charge is 0.309 e. The first-order chi connectivity index (χ1) is 9.54. The maximum Gasteiger partial charge on any atom is 0.309 e. The highest BCUT2D eigenvalue weighted by Crippen LogP contribution is 2.26. The summed E-state index contributed by atoms with van der Waals surface area (Å²) < 4.78 is 2.45. The van der Waals surface area contributed by atoms with Crippen LogP contribution in [0.25, 0.3) is 22.3 Å². The first kappa shape index (κ1) is 12.9. The van der Waals surface area contributed by atoms with Crippen LogP contribution in [-0.4, -0.2) is 30.6 Å². The van der Waals surface area contributed by atoms with Crippen molar-refractivity contribution < 1.29 is 9.90 Å². The Hall–Kier alpha value is -2.15. The molecule has 3 rings (SSSR count). The summed E-state index contributed by atoms with van der Waals surface area (Å²) in [5, 5.41) is 8.94. The van der Waals surface area contributed by atoms with Gasteiger partial charge in [0.15, 0.2) is 4.73 Å². The van der Waals surface area contributed by atoms with Gasteiger partial charge in [0, 0.05) is 12.6 Å². The fraction of sp³-hybridized carbons (Fsp3) is 0.154. The van der Waals surface area contributed by atoms with E-state index < -0.39 is 5.97 Å². The van der Waals surface area contributed by atoms with Crippen molar-refractivity contribution in [3.8, 4) is 11.3 Å². The van der Waals surface area contributed by atoms with Crippen molar-refractivity contribution in [3.63, 3.8) is 0 Å². The third-order valence-electron chi connectivity index (χ3n) is 3.08. The number of imidazole rings is 2. The Morgan fingerprint density at radius 3 is 3.05 bits per heavy atom. The van der Waals surface area contributed by atoms with Gasteiger partial charge in [-0.05, 0) is 28.1 Å². The number of carboxylic acids is 1. The molecule has 0 radical (unpaired) electrons. The Morgan fingerprint density at radius 2 is 2.30 bits per heavy atom. The summed E-state index contributed by atoms with van der Waals surface area (Å²) in [7, 11) is 1.93. The molecule has 6 nitrogen and oxygen atoms in total. The minimum absolute atomic E-state index is 0.103. The van der Waals surface area contributed by atoms with Crippen LogP contribution in [0.2, 0.25) is 0 Å². The van der Waals surface area contributed by atoms with Gasteiger partial charge in [0.2, 0.25) is 0 Å². The lowest BCUT2D eigenvalue weighted by atomic mass is 10.1. The molecular weight excluding hydrogens is 324 g/mol. The topological polar surface area (TPSA) is 83.8 Å². The molecule has 2 heterocycles. The van der Waals surface area contributed by atoms with Crippen LogP contribution >= 0.6 is 15.9 Å². The average Bonchev–Trinajstić information content (AvgIpc) is 2.92. The molecule has 3 aromatic rings. The Kier molecular flexibility index (Phi) is 3.06. The first-order valence-corrected chi connectivity index (χ1v) is 6.71. The van der Waals surface area contributed by atoms with Crippen LogP contribution in [0.15, 0.2) is 29.3 Å². The van der Waals surface area contributed by atoms with E-state index in [1.165, 1.54) is 0 Å². The summed E-state index contributed by atoms with van der Waals surface area (Å²) in [5.41, 5.74) is 3.91. The van der Waals surface area contributed by atoms with Crippen molar-refractivity contribution >= 4 is 32.9 Å². The molecule has 0 atom stereocenters. The molecule has 1 aromatic carbocycles. The van der Waals surface area contributed by atoms with Gasteiger partial charge in [0.1, 0.15) is 0 Å². The lowest BCUT2D eigenvalue weighted by molar-refractivity contribution is -0.136. The number of aromatic amines is 1. The van der Waals surface area contributed by atoms with Crippen molar-refractivity contribution in [2.45, 2.75) is 6.42 Å². The third-order valence-corrected chi connectivity index (χ3v) is 3.45. The number of halogens is 1. The maximum absolute atomic E-state index is 10.9. The zero-order chi connectivity index (χ0) is 14.3. The molecule has 0 aliphatic rings. The van der Waals surface area contributed by atoms with Crippen molar-refractivity contribution in [2.24, 2.45) is 7.05 Å². The lowest BCUT2D eigenvalue weighted by Crippen LogP contribution is -2.01. The summed E-state index contributed by atoms with van der Waals surface area (Å²) >= 11 is 3.24. The molecule has 7 heteroatoms. The van der Waals surface area contributed by atoms with Gasteiger partial charge in [-0.25, -0.2) is 9.97 Å². The molecule has 2 N–H and O–H groups in total. The lowest BCUT2D eigenvalue weighted by Gasteiger charge is -2.01. The molecule has 2 aromatic heterocycles. The van der Waals surface area contributed by atoms with Crippen molar-refractivity contribution in [1.82, 2.24) is 19.5 Å². The van der Waals surface area contributed by atoms with E-state index >= 15 is 0 Å². The van der Waals surface area contributed by atoms with E-state index in [0.29, 0.717) is 16.1 Å². The highest BCUT2D eigenvalue weighted by molar-refractivity contribution is 9.10. The van der Waals surface area contributed by atoms with Crippen LogP contribution in [-0.2, 0) is 18.3 Å². The number of aromatic nitrogens is 4. The zero-order valence-electron chi connectivity index (χ0n) is 10.6. The predicted molar refractivity (Wildman–Crippen MR) is 77.3 cm³/mol. The molecule has 0 amide bonds.